The minimum Gasteiger partial charge on any atom is -0.494 e. The van der Waals surface area contributed by atoms with Crippen molar-refractivity contribution in [1.82, 2.24) is 13.9 Å². The van der Waals surface area contributed by atoms with Crippen molar-refractivity contribution in [2.45, 2.75) is 24.9 Å². The molecule has 3 heterocycles. The van der Waals surface area contributed by atoms with Crippen molar-refractivity contribution in [2.75, 3.05) is 13.4 Å². The van der Waals surface area contributed by atoms with Gasteiger partial charge in [0.1, 0.15) is 5.75 Å². The predicted molar refractivity (Wildman–Crippen MR) is 96.8 cm³/mol. The first kappa shape index (κ1) is 17.7. The Morgan fingerprint density at radius 1 is 1.19 bits per heavy atom. The van der Waals surface area contributed by atoms with Crippen LogP contribution in [-0.4, -0.2) is 40.8 Å². The van der Waals surface area contributed by atoms with Gasteiger partial charge in [0.15, 0.2) is 0 Å². The van der Waals surface area contributed by atoms with E-state index in [1.54, 1.807) is 10.6 Å². The molecule has 1 aliphatic rings. The van der Waals surface area contributed by atoms with E-state index in [0.29, 0.717) is 23.1 Å². The number of nitrogens with zero attached hydrogens (tertiary/aromatic N) is 3. The third-order valence-electron chi connectivity index (χ3n) is 4.71. The van der Waals surface area contributed by atoms with E-state index in [0.717, 1.165) is 5.69 Å². The molecule has 0 saturated carbocycles. The Morgan fingerprint density at radius 2 is 1.93 bits per heavy atom. The summed E-state index contributed by atoms with van der Waals surface area (Å²) in [6, 6.07) is 9.23. The lowest BCUT2D eigenvalue weighted by Crippen LogP contribution is -2.38. The van der Waals surface area contributed by atoms with Crippen molar-refractivity contribution in [3.8, 4) is 11.6 Å². The van der Waals surface area contributed by atoms with Crippen LogP contribution in [0, 0.1) is 6.92 Å². The molecule has 0 amide bonds. The van der Waals surface area contributed by atoms with Crippen LogP contribution in [-0.2, 0) is 23.1 Å². The van der Waals surface area contributed by atoms with Crippen molar-refractivity contribution >= 4 is 20.9 Å². The second kappa shape index (κ2) is 6.50. The Labute approximate surface area is 155 Å². The lowest BCUT2D eigenvalue weighted by Gasteiger charge is -2.28. The average Bonchev–Trinajstić information content (AvgIpc) is 2.94. The highest BCUT2D eigenvalue weighted by atomic mass is 32.2. The van der Waals surface area contributed by atoms with Gasteiger partial charge in [-0.25, -0.2) is 12.8 Å². The van der Waals surface area contributed by atoms with Crippen LogP contribution in [0.15, 0.2) is 41.3 Å². The molecule has 3 aromatic rings. The molecule has 1 N–H and O–H groups in total. The number of sulfonamides is 1. The largest absolute Gasteiger partial charge is 0.494 e. The van der Waals surface area contributed by atoms with Gasteiger partial charge in [0.05, 0.1) is 28.0 Å². The second-order valence-corrected chi connectivity index (χ2v) is 8.27. The van der Waals surface area contributed by atoms with E-state index in [1.807, 2.05) is 13.0 Å². The molecule has 1 aromatic carbocycles. The minimum atomic E-state index is -3.74. The number of alkyl halides is 1. The number of aryl methyl sites for hydroxylation is 1. The van der Waals surface area contributed by atoms with Gasteiger partial charge in [0, 0.05) is 18.8 Å². The molecule has 9 heteroatoms. The Morgan fingerprint density at radius 3 is 2.63 bits per heavy atom. The van der Waals surface area contributed by atoms with Crippen molar-refractivity contribution in [1.29, 1.82) is 0 Å². The second-order valence-electron chi connectivity index (χ2n) is 6.33. The van der Waals surface area contributed by atoms with Crippen LogP contribution in [0.25, 0.3) is 10.9 Å². The zero-order valence-corrected chi connectivity index (χ0v) is 15.4. The van der Waals surface area contributed by atoms with Gasteiger partial charge in [-0.15, -0.1) is 0 Å². The number of hydrogen-bond donors (Lipinski definition) is 1. The molecular weight excluding hydrogens is 373 g/mol. The summed E-state index contributed by atoms with van der Waals surface area (Å²) < 4.78 is 46.0. The molecule has 0 atom stereocenters. The molecule has 7 nitrogen and oxygen atoms in total. The van der Waals surface area contributed by atoms with Gasteiger partial charge < -0.3 is 14.4 Å². The number of pyridine rings is 1. The Balaban J connectivity index is 1.70. The molecule has 2 aromatic heterocycles. The van der Waals surface area contributed by atoms with E-state index in [2.05, 4.69) is 4.98 Å². The molecule has 4 rings (SSSR count). The quantitative estimate of drug-likeness (QED) is 0.739. The summed E-state index contributed by atoms with van der Waals surface area (Å²) in [4.78, 5) is 4.58. The zero-order valence-electron chi connectivity index (χ0n) is 14.6. The van der Waals surface area contributed by atoms with Crippen molar-refractivity contribution < 1.29 is 22.7 Å². The molecular formula is C18H18FN3O4S. The van der Waals surface area contributed by atoms with Crippen LogP contribution in [0.5, 0.6) is 11.6 Å². The molecule has 142 valence electrons. The van der Waals surface area contributed by atoms with E-state index in [4.69, 9.17) is 4.74 Å². The van der Waals surface area contributed by atoms with Crippen LogP contribution < -0.4 is 4.74 Å². The number of ether oxygens (including phenoxy) is 1. The first-order valence-electron chi connectivity index (χ1n) is 8.38. The van der Waals surface area contributed by atoms with Crippen molar-refractivity contribution in [3.63, 3.8) is 0 Å². The third kappa shape index (κ3) is 2.92. The molecule has 0 bridgehead atoms. The van der Waals surface area contributed by atoms with E-state index >= 15 is 0 Å². The van der Waals surface area contributed by atoms with Gasteiger partial charge in [-0.1, -0.05) is 0 Å². The maximum atomic E-state index is 13.0. The van der Waals surface area contributed by atoms with Gasteiger partial charge in [-0.2, -0.15) is 4.31 Å². The lowest BCUT2D eigenvalue weighted by molar-refractivity contribution is 0.191. The maximum absolute atomic E-state index is 13.0. The van der Waals surface area contributed by atoms with Gasteiger partial charge in [0.2, 0.25) is 22.8 Å². The molecule has 27 heavy (non-hydrogen) atoms. The summed E-state index contributed by atoms with van der Waals surface area (Å²) in [5.74, 6) is 0.372. The topological polar surface area (TPSA) is 84.7 Å². The summed E-state index contributed by atoms with van der Waals surface area (Å²) in [5, 5.41) is 11.0. The molecule has 0 spiro atoms. The molecule has 0 saturated heterocycles. The van der Waals surface area contributed by atoms with Gasteiger partial charge in [-0.3, -0.25) is 4.98 Å². The summed E-state index contributed by atoms with van der Waals surface area (Å²) in [7, 11) is -3.74. The van der Waals surface area contributed by atoms with E-state index in [9.17, 15) is 17.9 Å². The van der Waals surface area contributed by atoms with Crippen LogP contribution in [0.4, 0.5) is 4.39 Å². The highest BCUT2D eigenvalue weighted by molar-refractivity contribution is 7.89. The monoisotopic (exact) mass is 391 g/mol. The SMILES string of the molecule is Cc1ccc2c(O)n3c(c2n1)CN(S(=O)(=O)c1ccc(OCF)cc1)CC3. The summed E-state index contributed by atoms with van der Waals surface area (Å²) in [6.07, 6.45) is 0. The normalized spacial score (nSPS) is 15.0. The lowest BCUT2D eigenvalue weighted by atomic mass is 10.2. The first-order chi connectivity index (χ1) is 12.9. The Kier molecular flexibility index (Phi) is 4.27. The maximum Gasteiger partial charge on any atom is 0.243 e. The fraction of sp³-hybridized carbons (Fsp3) is 0.278. The number of benzene rings is 1. The van der Waals surface area contributed by atoms with Crippen LogP contribution in [0.2, 0.25) is 0 Å². The fourth-order valence-corrected chi connectivity index (χ4v) is 4.73. The van der Waals surface area contributed by atoms with E-state index in [-0.39, 0.29) is 29.6 Å². The van der Waals surface area contributed by atoms with Crippen LogP contribution in [0.1, 0.15) is 11.4 Å². The number of aromatic nitrogens is 2. The van der Waals surface area contributed by atoms with Gasteiger partial charge >= 0.3 is 0 Å². The minimum absolute atomic E-state index is 0.103. The van der Waals surface area contributed by atoms with Gasteiger partial charge in [-0.05, 0) is 43.3 Å². The molecule has 0 aliphatic carbocycles. The summed E-state index contributed by atoms with van der Waals surface area (Å²) >= 11 is 0. The van der Waals surface area contributed by atoms with Gasteiger partial charge in [0.25, 0.3) is 0 Å². The Bertz CT molecular complexity index is 1110. The zero-order chi connectivity index (χ0) is 19.2. The highest BCUT2D eigenvalue weighted by Gasteiger charge is 2.31. The number of fused-ring (bicyclic) bond motifs is 3. The summed E-state index contributed by atoms with van der Waals surface area (Å²) in [6.45, 7) is 1.54. The fourth-order valence-electron chi connectivity index (χ4n) is 3.34. The smallest absolute Gasteiger partial charge is 0.243 e. The molecule has 0 unspecified atom stereocenters. The molecule has 0 fully saturated rings. The van der Waals surface area contributed by atoms with Crippen molar-refractivity contribution in [3.05, 3.63) is 47.8 Å². The molecule has 1 aliphatic heterocycles. The first-order valence-corrected chi connectivity index (χ1v) is 9.82. The standard InChI is InChI=1S/C18H18FN3O4S/c1-12-2-7-15-17(20-12)16-10-21(8-9-22(16)18(15)23)27(24,25)14-5-3-13(4-6-14)26-11-19/h2-7,23H,8-11H2,1H3. The Hall–Kier alpha value is -2.65. The van der Waals surface area contributed by atoms with E-state index in [1.165, 1.54) is 28.6 Å². The average molecular weight is 391 g/mol. The predicted octanol–water partition coefficient (Wildman–Crippen LogP) is 2.56. The van der Waals surface area contributed by atoms with Crippen molar-refractivity contribution in [2.24, 2.45) is 0 Å². The van der Waals surface area contributed by atoms with Crippen LogP contribution in [0.3, 0.4) is 0 Å². The number of hydrogen-bond acceptors (Lipinski definition) is 5. The third-order valence-corrected chi connectivity index (χ3v) is 6.57. The van der Waals surface area contributed by atoms with Crippen LogP contribution >= 0.6 is 0 Å². The highest BCUT2D eigenvalue weighted by Crippen LogP contribution is 2.34. The number of rotatable bonds is 4. The molecule has 0 radical (unpaired) electrons. The van der Waals surface area contributed by atoms with E-state index < -0.39 is 16.9 Å². The number of aromatic hydroxyl groups is 1. The number of halogens is 1. The summed E-state index contributed by atoms with van der Waals surface area (Å²) in [5.41, 5.74) is 2.07.